The van der Waals surface area contributed by atoms with Crippen LogP contribution < -0.4 is 5.32 Å². The second kappa shape index (κ2) is 7.47. The van der Waals surface area contributed by atoms with Crippen molar-refractivity contribution in [1.29, 1.82) is 0 Å². The Morgan fingerprint density at radius 1 is 1.15 bits per heavy atom. The van der Waals surface area contributed by atoms with E-state index < -0.39 is 21.8 Å². The van der Waals surface area contributed by atoms with E-state index in [1.54, 1.807) is 45.0 Å². The molecule has 140 valence electrons. The predicted octanol–water partition coefficient (Wildman–Crippen LogP) is 4.18. The highest BCUT2D eigenvalue weighted by molar-refractivity contribution is 7.85. The molecule has 0 unspecified atom stereocenters. The highest BCUT2D eigenvalue weighted by Gasteiger charge is 2.16. The Kier molecular flexibility index (Phi) is 5.73. The van der Waals surface area contributed by atoms with E-state index in [1.807, 2.05) is 13.0 Å². The summed E-state index contributed by atoms with van der Waals surface area (Å²) in [5, 5.41) is 2.68. The van der Waals surface area contributed by atoms with Crippen molar-refractivity contribution in [1.82, 2.24) is 0 Å². The molecule has 0 fully saturated rings. The highest BCUT2D eigenvalue weighted by Crippen LogP contribution is 2.21. The number of carbonyl (C=O) groups excluding carboxylic acids is 1. The van der Waals surface area contributed by atoms with Crippen molar-refractivity contribution in [2.75, 3.05) is 5.32 Å². The van der Waals surface area contributed by atoms with Crippen LogP contribution in [-0.4, -0.2) is 24.7 Å². The number of amides is 1. The zero-order valence-electron chi connectivity index (χ0n) is 15.2. The minimum absolute atomic E-state index is 0.138. The van der Waals surface area contributed by atoms with Gasteiger partial charge in [0, 0.05) is 5.69 Å². The first-order valence-electron chi connectivity index (χ1n) is 8.10. The van der Waals surface area contributed by atoms with Crippen molar-refractivity contribution in [2.45, 2.75) is 44.6 Å². The van der Waals surface area contributed by atoms with E-state index in [9.17, 15) is 17.8 Å². The Hall–Kier alpha value is -2.38. The standard InChI is InChI=1S/C19H23NO5S/c1-13-8-9-17(26(22,23)24)12-15(13)10-14-6-5-7-16(11-14)20-18(21)25-19(2,3)4/h5-9,11-12H,10H2,1-4H3,(H,20,21)(H,22,23,24). The van der Waals surface area contributed by atoms with E-state index in [2.05, 4.69) is 5.32 Å². The molecule has 0 aromatic heterocycles. The lowest BCUT2D eigenvalue weighted by Crippen LogP contribution is -2.27. The van der Waals surface area contributed by atoms with Crippen LogP contribution in [0.5, 0.6) is 0 Å². The van der Waals surface area contributed by atoms with Crippen molar-refractivity contribution in [3.8, 4) is 0 Å². The number of carbonyl (C=O) groups is 1. The molecular weight excluding hydrogens is 354 g/mol. The van der Waals surface area contributed by atoms with Crippen molar-refractivity contribution >= 4 is 21.9 Å². The van der Waals surface area contributed by atoms with Gasteiger partial charge < -0.3 is 4.74 Å². The molecule has 6 nitrogen and oxygen atoms in total. The molecule has 2 rings (SSSR count). The van der Waals surface area contributed by atoms with E-state index in [0.29, 0.717) is 12.1 Å². The van der Waals surface area contributed by atoms with Gasteiger partial charge in [0.1, 0.15) is 5.60 Å². The van der Waals surface area contributed by atoms with Crippen molar-refractivity contribution in [3.05, 3.63) is 59.2 Å². The molecule has 0 spiro atoms. The molecule has 0 heterocycles. The lowest BCUT2D eigenvalue weighted by molar-refractivity contribution is 0.0636. The third-order valence-electron chi connectivity index (χ3n) is 3.59. The molecule has 0 radical (unpaired) electrons. The van der Waals surface area contributed by atoms with Crippen molar-refractivity contribution < 1.29 is 22.5 Å². The lowest BCUT2D eigenvalue weighted by atomic mass is 10.0. The van der Waals surface area contributed by atoms with Gasteiger partial charge in [-0.2, -0.15) is 8.42 Å². The van der Waals surface area contributed by atoms with Gasteiger partial charge in [-0.3, -0.25) is 9.87 Å². The van der Waals surface area contributed by atoms with Gasteiger partial charge in [-0.05, 0) is 75.1 Å². The van der Waals surface area contributed by atoms with Gasteiger partial charge in [0.15, 0.2) is 0 Å². The van der Waals surface area contributed by atoms with E-state index >= 15 is 0 Å². The number of benzene rings is 2. The molecule has 0 aliphatic rings. The number of hydrogen-bond donors (Lipinski definition) is 2. The minimum Gasteiger partial charge on any atom is -0.444 e. The minimum atomic E-state index is -4.25. The van der Waals surface area contributed by atoms with E-state index in [-0.39, 0.29) is 4.90 Å². The first-order chi connectivity index (χ1) is 11.9. The van der Waals surface area contributed by atoms with Gasteiger partial charge in [-0.25, -0.2) is 4.79 Å². The number of ether oxygens (including phenoxy) is 1. The molecule has 0 saturated carbocycles. The van der Waals surface area contributed by atoms with Gasteiger partial charge in [0.25, 0.3) is 10.1 Å². The predicted molar refractivity (Wildman–Crippen MR) is 100 cm³/mol. The van der Waals surface area contributed by atoms with Crippen LogP contribution in [0.1, 0.15) is 37.5 Å². The van der Waals surface area contributed by atoms with Gasteiger partial charge in [-0.1, -0.05) is 18.2 Å². The number of rotatable bonds is 4. The Labute approximate surface area is 153 Å². The normalized spacial score (nSPS) is 11.9. The van der Waals surface area contributed by atoms with Gasteiger partial charge in [0.05, 0.1) is 4.90 Å². The number of nitrogens with one attached hydrogen (secondary N) is 1. The van der Waals surface area contributed by atoms with Crippen molar-refractivity contribution in [2.24, 2.45) is 0 Å². The van der Waals surface area contributed by atoms with Crippen LogP contribution in [-0.2, 0) is 21.3 Å². The Morgan fingerprint density at radius 3 is 2.46 bits per heavy atom. The molecule has 0 aliphatic carbocycles. The van der Waals surface area contributed by atoms with Crippen LogP contribution in [0.4, 0.5) is 10.5 Å². The SMILES string of the molecule is Cc1ccc(S(=O)(=O)O)cc1Cc1cccc(NC(=O)OC(C)(C)C)c1. The Bertz CT molecular complexity index is 914. The summed E-state index contributed by atoms with van der Waals surface area (Å²) in [6.45, 7) is 7.22. The summed E-state index contributed by atoms with van der Waals surface area (Å²) >= 11 is 0. The number of hydrogen-bond acceptors (Lipinski definition) is 4. The summed E-state index contributed by atoms with van der Waals surface area (Å²) in [6, 6.07) is 11.7. The summed E-state index contributed by atoms with van der Waals surface area (Å²) in [5.74, 6) is 0. The molecule has 1 amide bonds. The molecule has 0 bridgehead atoms. The summed E-state index contributed by atoms with van der Waals surface area (Å²) in [7, 11) is -4.25. The number of aryl methyl sites for hydroxylation is 1. The molecule has 7 heteroatoms. The van der Waals surface area contributed by atoms with Crippen LogP contribution >= 0.6 is 0 Å². The molecule has 26 heavy (non-hydrogen) atoms. The molecule has 0 saturated heterocycles. The fourth-order valence-corrected chi connectivity index (χ4v) is 2.93. The largest absolute Gasteiger partial charge is 0.444 e. The summed E-state index contributed by atoms with van der Waals surface area (Å²) in [6.07, 6.45) is -0.0850. The van der Waals surface area contributed by atoms with Crippen LogP contribution in [0.25, 0.3) is 0 Å². The maximum absolute atomic E-state index is 11.9. The molecule has 2 aromatic rings. The Balaban J connectivity index is 2.20. The lowest BCUT2D eigenvalue weighted by Gasteiger charge is -2.19. The van der Waals surface area contributed by atoms with Crippen molar-refractivity contribution in [3.63, 3.8) is 0 Å². The summed E-state index contributed by atoms with van der Waals surface area (Å²) in [5.41, 5.74) is 2.56. The maximum atomic E-state index is 11.9. The fraction of sp³-hybridized carbons (Fsp3) is 0.316. The first kappa shape index (κ1) is 19.9. The number of anilines is 1. The second-order valence-electron chi connectivity index (χ2n) is 7.07. The average molecular weight is 377 g/mol. The van der Waals surface area contributed by atoms with Crippen LogP contribution in [0.15, 0.2) is 47.4 Å². The zero-order chi connectivity index (χ0) is 19.5. The van der Waals surface area contributed by atoms with E-state index in [0.717, 1.165) is 16.7 Å². The maximum Gasteiger partial charge on any atom is 0.412 e. The first-order valence-corrected chi connectivity index (χ1v) is 9.54. The Morgan fingerprint density at radius 2 is 1.85 bits per heavy atom. The topological polar surface area (TPSA) is 92.7 Å². The van der Waals surface area contributed by atoms with Crippen LogP contribution in [0.2, 0.25) is 0 Å². The van der Waals surface area contributed by atoms with E-state index in [4.69, 9.17) is 4.74 Å². The molecule has 0 aliphatic heterocycles. The zero-order valence-corrected chi connectivity index (χ0v) is 16.1. The summed E-state index contributed by atoms with van der Waals surface area (Å²) < 4.78 is 37.1. The molecular formula is C19H23NO5S. The fourth-order valence-electron chi connectivity index (χ4n) is 2.40. The van der Waals surface area contributed by atoms with Gasteiger partial charge in [-0.15, -0.1) is 0 Å². The second-order valence-corrected chi connectivity index (χ2v) is 8.49. The van der Waals surface area contributed by atoms with Crippen LogP contribution in [0.3, 0.4) is 0 Å². The van der Waals surface area contributed by atoms with Gasteiger partial charge >= 0.3 is 6.09 Å². The quantitative estimate of drug-likeness (QED) is 0.780. The summed E-state index contributed by atoms with van der Waals surface area (Å²) in [4.78, 5) is 11.7. The average Bonchev–Trinajstić information content (AvgIpc) is 2.46. The molecule has 2 aromatic carbocycles. The smallest absolute Gasteiger partial charge is 0.412 e. The monoisotopic (exact) mass is 377 g/mol. The van der Waals surface area contributed by atoms with Gasteiger partial charge in [0.2, 0.25) is 0 Å². The van der Waals surface area contributed by atoms with E-state index in [1.165, 1.54) is 12.1 Å². The highest BCUT2D eigenvalue weighted by atomic mass is 32.2. The van der Waals surface area contributed by atoms with Crippen LogP contribution in [0, 0.1) is 6.92 Å². The third kappa shape index (κ3) is 5.86. The third-order valence-corrected chi connectivity index (χ3v) is 4.43. The molecule has 0 atom stereocenters. The molecule has 2 N–H and O–H groups in total.